The molecule has 1 heterocycles. The van der Waals surface area contributed by atoms with Gasteiger partial charge in [0.2, 0.25) is 11.9 Å². The number of nitrogens with zero attached hydrogens (tertiary/aromatic N) is 4. The van der Waals surface area contributed by atoms with Crippen LogP contribution in [-0.2, 0) is 4.74 Å². The SMILES string of the molecule is COCC(C)N(C)c1nc(N)nc(OC)n1. The largest absolute Gasteiger partial charge is 0.467 e. The summed E-state index contributed by atoms with van der Waals surface area (Å²) < 4.78 is 9.98. The molecule has 1 aromatic heterocycles. The van der Waals surface area contributed by atoms with Crippen molar-refractivity contribution in [3.05, 3.63) is 0 Å². The fraction of sp³-hybridized carbons (Fsp3) is 0.667. The van der Waals surface area contributed by atoms with Crippen LogP contribution in [0.3, 0.4) is 0 Å². The molecule has 0 saturated carbocycles. The van der Waals surface area contributed by atoms with Gasteiger partial charge in [-0.1, -0.05) is 0 Å². The lowest BCUT2D eigenvalue weighted by Crippen LogP contribution is -2.34. The molecule has 90 valence electrons. The van der Waals surface area contributed by atoms with Crippen molar-refractivity contribution in [3.8, 4) is 6.01 Å². The van der Waals surface area contributed by atoms with Crippen LogP contribution in [0.5, 0.6) is 6.01 Å². The van der Waals surface area contributed by atoms with Crippen LogP contribution in [0.1, 0.15) is 6.92 Å². The van der Waals surface area contributed by atoms with Gasteiger partial charge in [-0.3, -0.25) is 0 Å². The van der Waals surface area contributed by atoms with Gasteiger partial charge in [-0.25, -0.2) is 0 Å². The Morgan fingerprint density at radius 3 is 2.56 bits per heavy atom. The van der Waals surface area contributed by atoms with E-state index in [-0.39, 0.29) is 18.0 Å². The quantitative estimate of drug-likeness (QED) is 0.753. The van der Waals surface area contributed by atoms with E-state index in [0.717, 1.165) is 0 Å². The van der Waals surface area contributed by atoms with Crippen LogP contribution in [0.4, 0.5) is 11.9 Å². The third kappa shape index (κ3) is 2.93. The molecule has 0 aromatic carbocycles. The van der Waals surface area contributed by atoms with E-state index in [1.54, 1.807) is 7.11 Å². The van der Waals surface area contributed by atoms with Crippen LogP contribution in [-0.4, -0.2) is 48.9 Å². The second kappa shape index (κ2) is 5.45. The predicted molar refractivity (Wildman–Crippen MR) is 60.5 cm³/mol. The lowest BCUT2D eigenvalue weighted by Gasteiger charge is -2.24. The zero-order valence-corrected chi connectivity index (χ0v) is 9.97. The number of hydrogen-bond acceptors (Lipinski definition) is 7. The van der Waals surface area contributed by atoms with Crippen LogP contribution in [0.15, 0.2) is 0 Å². The molecule has 0 radical (unpaired) electrons. The van der Waals surface area contributed by atoms with Crippen molar-refractivity contribution in [2.75, 3.05) is 38.5 Å². The summed E-state index contributed by atoms with van der Waals surface area (Å²) in [5, 5.41) is 0. The number of aromatic nitrogens is 3. The second-order valence-electron chi connectivity index (χ2n) is 3.40. The fourth-order valence-corrected chi connectivity index (χ4v) is 1.16. The highest BCUT2D eigenvalue weighted by molar-refractivity contribution is 5.35. The fourth-order valence-electron chi connectivity index (χ4n) is 1.16. The number of ether oxygens (including phenoxy) is 2. The Kier molecular flexibility index (Phi) is 4.24. The predicted octanol–water partition coefficient (Wildman–Crippen LogP) is -0.0665. The molecule has 0 spiro atoms. The lowest BCUT2D eigenvalue weighted by atomic mass is 10.3. The Balaban J connectivity index is 2.89. The Bertz CT molecular complexity index is 347. The monoisotopic (exact) mass is 227 g/mol. The van der Waals surface area contributed by atoms with Gasteiger partial charge in [0.25, 0.3) is 0 Å². The summed E-state index contributed by atoms with van der Waals surface area (Å²) in [5.41, 5.74) is 5.55. The Morgan fingerprint density at radius 1 is 1.31 bits per heavy atom. The number of hydrogen-bond donors (Lipinski definition) is 1. The van der Waals surface area contributed by atoms with Gasteiger partial charge >= 0.3 is 6.01 Å². The Morgan fingerprint density at radius 2 is 2.00 bits per heavy atom. The van der Waals surface area contributed by atoms with Crippen molar-refractivity contribution in [2.45, 2.75) is 13.0 Å². The molecule has 0 aliphatic carbocycles. The maximum Gasteiger partial charge on any atom is 0.322 e. The summed E-state index contributed by atoms with van der Waals surface area (Å²) in [6.45, 7) is 2.57. The van der Waals surface area contributed by atoms with Crippen molar-refractivity contribution >= 4 is 11.9 Å². The van der Waals surface area contributed by atoms with E-state index < -0.39 is 0 Å². The molecule has 0 saturated heterocycles. The van der Waals surface area contributed by atoms with Gasteiger partial charge in [0.15, 0.2) is 0 Å². The summed E-state index contributed by atoms with van der Waals surface area (Å²) in [6, 6.07) is 0.343. The molecule has 0 aliphatic rings. The molecule has 1 rings (SSSR count). The molecule has 2 N–H and O–H groups in total. The second-order valence-corrected chi connectivity index (χ2v) is 3.40. The van der Waals surface area contributed by atoms with Gasteiger partial charge < -0.3 is 20.1 Å². The first-order valence-electron chi connectivity index (χ1n) is 4.85. The van der Waals surface area contributed by atoms with E-state index >= 15 is 0 Å². The van der Waals surface area contributed by atoms with Crippen LogP contribution < -0.4 is 15.4 Å². The Hall–Kier alpha value is -1.63. The summed E-state index contributed by atoms with van der Waals surface area (Å²) in [7, 11) is 4.99. The van der Waals surface area contributed by atoms with E-state index in [1.807, 2.05) is 18.9 Å². The minimum absolute atomic E-state index is 0.136. The van der Waals surface area contributed by atoms with Crippen LogP contribution >= 0.6 is 0 Å². The number of nitrogens with two attached hydrogens (primary N) is 1. The van der Waals surface area contributed by atoms with Crippen LogP contribution in [0, 0.1) is 0 Å². The van der Waals surface area contributed by atoms with Crippen molar-refractivity contribution in [3.63, 3.8) is 0 Å². The topological polar surface area (TPSA) is 86.4 Å². The number of anilines is 2. The molecule has 0 amide bonds. The summed E-state index contributed by atoms with van der Waals surface area (Å²) in [5.74, 6) is 0.604. The van der Waals surface area contributed by atoms with Gasteiger partial charge in [-0.05, 0) is 6.92 Å². The Labute approximate surface area is 94.6 Å². The molecular weight excluding hydrogens is 210 g/mol. The smallest absolute Gasteiger partial charge is 0.322 e. The number of likely N-dealkylation sites (N-methyl/N-ethyl adjacent to an activating group) is 1. The first kappa shape index (κ1) is 12.4. The van der Waals surface area contributed by atoms with Crippen molar-refractivity contribution < 1.29 is 9.47 Å². The molecule has 7 heteroatoms. The first-order valence-corrected chi connectivity index (χ1v) is 4.85. The van der Waals surface area contributed by atoms with E-state index in [0.29, 0.717) is 12.6 Å². The maximum absolute atomic E-state index is 5.55. The van der Waals surface area contributed by atoms with E-state index in [1.165, 1.54) is 7.11 Å². The summed E-state index contributed by atoms with van der Waals surface area (Å²) in [6.07, 6.45) is 0. The number of nitrogen functional groups attached to an aromatic ring is 1. The zero-order chi connectivity index (χ0) is 12.1. The average molecular weight is 227 g/mol. The highest BCUT2D eigenvalue weighted by Crippen LogP contribution is 2.13. The third-order valence-corrected chi connectivity index (χ3v) is 2.19. The molecular formula is C9H17N5O2. The van der Waals surface area contributed by atoms with E-state index in [4.69, 9.17) is 15.2 Å². The molecule has 0 bridgehead atoms. The average Bonchev–Trinajstić information content (AvgIpc) is 2.27. The summed E-state index contributed by atoms with van der Waals surface area (Å²) >= 11 is 0. The van der Waals surface area contributed by atoms with Gasteiger partial charge in [0.05, 0.1) is 19.8 Å². The summed E-state index contributed by atoms with van der Waals surface area (Å²) in [4.78, 5) is 13.8. The van der Waals surface area contributed by atoms with Crippen molar-refractivity contribution in [1.29, 1.82) is 0 Å². The third-order valence-electron chi connectivity index (χ3n) is 2.19. The highest BCUT2D eigenvalue weighted by atomic mass is 16.5. The first-order chi connectivity index (χ1) is 7.58. The molecule has 0 aliphatic heterocycles. The highest BCUT2D eigenvalue weighted by Gasteiger charge is 2.14. The van der Waals surface area contributed by atoms with Gasteiger partial charge in [-0.15, -0.1) is 0 Å². The zero-order valence-electron chi connectivity index (χ0n) is 9.97. The lowest BCUT2D eigenvalue weighted by molar-refractivity contribution is 0.183. The maximum atomic E-state index is 5.55. The minimum atomic E-state index is 0.136. The molecule has 7 nitrogen and oxygen atoms in total. The van der Waals surface area contributed by atoms with Crippen LogP contribution in [0.25, 0.3) is 0 Å². The minimum Gasteiger partial charge on any atom is -0.467 e. The molecule has 1 unspecified atom stereocenters. The van der Waals surface area contributed by atoms with Gasteiger partial charge in [0, 0.05) is 14.2 Å². The molecule has 1 atom stereocenters. The number of rotatable bonds is 5. The normalized spacial score (nSPS) is 12.2. The van der Waals surface area contributed by atoms with Crippen LogP contribution in [0.2, 0.25) is 0 Å². The molecule has 0 fully saturated rings. The van der Waals surface area contributed by atoms with E-state index in [9.17, 15) is 0 Å². The van der Waals surface area contributed by atoms with Gasteiger partial charge in [0.1, 0.15) is 0 Å². The standard InChI is InChI=1S/C9H17N5O2/c1-6(5-15-3)14(2)8-11-7(10)12-9(13-8)16-4/h6H,5H2,1-4H3,(H2,10,11,12,13). The van der Waals surface area contributed by atoms with Crippen molar-refractivity contribution in [1.82, 2.24) is 15.0 Å². The number of methoxy groups -OCH3 is 2. The van der Waals surface area contributed by atoms with Crippen molar-refractivity contribution in [2.24, 2.45) is 0 Å². The van der Waals surface area contributed by atoms with E-state index in [2.05, 4.69) is 15.0 Å². The molecule has 16 heavy (non-hydrogen) atoms. The van der Waals surface area contributed by atoms with Gasteiger partial charge in [-0.2, -0.15) is 15.0 Å². The molecule has 1 aromatic rings.